The van der Waals surface area contributed by atoms with E-state index in [0.29, 0.717) is 25.9 Å². The van der Waals surface area contributed by atoms with Crippen LogP contribution in [0.1, 0.15) is 59.3 Å². The van der Waals surface area contributed by atoms with E-state index in [-0.39, 0.29) is 29.9 Å². The van der Waals surface area contributed by atoms with Crippen molar-refractivity contribution in [3.8, 4) is 0 Å². The van der Waals surface area contributed by atoms with Crippen LogP contribution in [0.4, 0.5) is 0 Å². The maximum absolute atomic E-state index is 12.4. The summed E-state index contributed by atoms with van der Waals surface area (Å²) in [5, 5.41) is 12.0. The molecule has 21 heavy (non-hydrogen) atoms. The quantitative estimate of drug-likeness (QED) is 0.751. The monoisotopic (exact) mass is 298 g/mol. The van der Waals surface area contributed by atoms with Crippen molar-refractivity contribution in [2.24, 2.45) is 5.41 Å². The molecule has 0 radical (unpaired) electrons. The lowest BCUT2D eigenvalue weighted by molar-refractivity contribution is -0.142. The van der Waals surface area contributed by atoms with Crippen molar-refractivity contribution >= 4 is 11.8 Å². The summed E-state index contributed by atoms with van der Waals surface area (Å²) in [5.41, 5.74) is -0.128. The minimum absolute atomic E-state index is 0.0508. The van der Waals surface area contributed by atoms with Gasteiger partial charge in [-0.2, -0.15) is 0 Å². The van der Waals surface area contributed by atoms with E-state index in [1.54, 1.807) is 4.90 Å². The Morgan fingerprint density at radius 3 is 2.67 bits per heavy atom. The Balaban J connectivity index is 2.59. The first-order valence-corrected chi connectivity index (χ1v) is 8.09. The molecule has 0 spiro atoms. The molecule has 1 aliphatic heterocycles. The largest absolute Gasteiger partial charge is 0.396 e. The number of carbonyl (C=O) groups excluding carboxylic acids is 2. The second kappa shape index (κ2) is 8.37. The third-order valence-corrected chi connectivity index (χ3v) is 4.12. The molecule has 1 rings (SSSR count). The number of aliphatic hydroxyl groups excluding tert-OH is 1. The van der Waals surface area contributed by atoms with Crippen LogP contribution in [-0.2, 0) is 9.59 Å². The Hall–Kier alpha value is -1.10. The molecule has 1 aliphatic rings. The SMILES string of the molecule is CCCC(=O)N1CCCCC1C(=O)NCC(C)(C)CCO. The smallest absolute Gasteiger partial charge is 0.242 e. The second-order valence-electron chi connectivity index (χ2n) is 6.70. The molecule has 2 N–H and O–H groups in total. The predicted octanol–water partition coefficient (Wildman–Crippen LogP) is 1.69. The highest BCUT2D eigenvalue weighted by molar-refractivity contribution is 5.87. The van der Waals surface area contributed by atoms with Gasteiger partial charge in [0.1, 0.15) is 6.04 Å². The molecule has 0 aromatic carbocycles. The number of hydrogen-bond donors (Lipinski definition) is 2. The molecule has 1 atom stereocenters. The first-order chi connectivity index (χ1) is 9.91. The van der Waals surface area contributed by atoms with E-state index < -0.39 is 0 Å². The van der Waals surface area contributed by atoms with E-state index in [1.807, 2.05) is 20.8 Å². The van der Waals surface area contributed by atoms with Crippen molar-refractivity contribution in [1.82, 2.24) is 10.2 Å². The topological polar surface area (TPSA) is 69.6 Å². The zero-order valence-corrected chi connectivity index (χ0v) is 13.7. The molecule has 5 heteroatoms. The maximum Gasteiger partial charge on any atom is 0.242 e. The van der Waals surface area contributed by atoms with E-state index in [9.17, 15) is 9.59 Å². The van der Waals surface area contributed by atoms with Gasteiger partial charge in [-0.3, -0.25) is 9.59 Å². The first kappa shape index (κ1) is 18.0. The van der Waals surface area contributed by atoms with E-state index in [1.165, 1.54) is 0 Å². The van der Waals surface area contributed by atoms with Crippen molar-refractivity contribution in [2.75, 3.05) is 19.7 Å². The number of likely N-dealkylation sites (tertiary alicyclic amines) is 1. The van der Waals surface area contributed by atoms with E-state index in [4.69, 9.17) is 5.11 Å². The Kier molecular flexibility index (Phi) is 7.15. The van der Waals surface area contributed by atoms with E-state index >= 15 is 0 Å². The molecule has 1 heterocycles. The van der Waals surface area contributed by atoms with Crippen LogP contribution < -0.4 is 5.32 Å². The number of hydrogen-bond acceptors (Lipinski definition) is 3. The molecule has 0 aromatic heterocycles. The molecule has 0 bridgehead atoms. The van der Waals surface area contributed by atoms with Crippen molar-refractivity contribution in [3.05, 3.63) is 0 Å². The van der Waals surface area contributed by atoms with Crippen molar-refractivity contribution in [3.63, 3.8) is 0 Å². The van der Waals surface area contributed by atoms with Crippen molar-refractivity contribution in [1.29, 1.82) is 0 Å². The van der Waals surface area contributed by atoms with Crippen LogP contribution in [0.15, 0.2) is 0 Å². The van der Waals surface area contributed by atoms with Crippen molar-refractivity contribution in [2.45, 2.75) is 65.3 Å². The summed E-state index contributed by atoms with van der Waals surface area (Å²) in [4.78, 5) is 26.3. The molecular formula is C16H30N2O3. The van der Waals surface area contributed by atoms with Crippen LogP contribution in [0.5, 0.6) is 0 Å². The summed E-state index contributed by atoms with van der Waals surface area (Å²) in [6, 6.07) is -0.317. The predicted molar refractivity (Wildman–Crippen MR) is 82.8 cm³/mol. The summed E-state index contributed by atoms with van der Waals surface area (Å²) in [7, 11) is 0. The van der Waals surface area contributed by atoms with Gasteiger partial charge in [0.25, 0.3) is 0 Å². The van der Waals surface area contributed by atoms with Gasteiger partial charge in [-0.25, -0.2) is 0 Å². The number of rotatable bonds is 7. The Morgan fingerprint density at radius 2 is 2.05 bits per heavy atom. The molecule has 1 fully saturated rings. The fourth-order valence-electron chi connectivity index (χ4n) is 2.70. The number of aliphatic hydroxyl groups is 1. The third kappa shape index (κ3) is 5.65. The molecule has 122 valence electrons. The summed E-state index contributed by atoms with van der Waals surface area (Å²) in [5.74, 6) is 0.0390. The number of amides is 2. The van der Waals surface area contributed by atoms with Gasteiger partial charge in [-0.15, -0.1) is 0 Å². The molecule has 1 saturated heterocycles. The van der Waals surface area contributed by atoms with Gasteiger partial charge in [-0.05, 0) is 37.5 Å². The van der Waals surface area contributed by atoms with Crippen LogP contribution in [0, 0.1) is 5.41 Å². The van der Waals surface area contributed by atoms with Gasteiger partial charge in [0.2, 0.25) is 11.8 Å². The molecule has 0 aliphatic carbocycles. The normalized spacial score (nSPS) is 19.4. The lowest BCUT2D eigenvalue weighted by atomic mass is 9.89. The van der Waals surface area contributed by atoms with Crippen molar-refractivity contribution < 1.29 is 14.7 Å². The third-order valence-electron chi connectivity index (χ3n) is 4.12. The number of carbonyl (C=O) groups is 2. The first-order valence-electron chi connectivity index (χ1n) is 8.09. The van der Waals surface area contributed by atoms with Crippen LogP contribution in [0.2, 0.25) is 0 Å². The zero-order valence-electron chi connectivity index (χ0n) is 13.7. The average molecular weight is 298 g/mol. The summed E-state index contributed by atoms with van der Waals surface area (Å²) in [6.45, 7) is 7.35. The standard InChI is InChI=1S/C16H30N2O3/c1-4-7-14(20)18-10-6-5-8-13(18)15(21)17-12-16(2,3)9-11-19/h13,19H,4-12H2,1-3H3,(H,17,21). The fraction of sp³-hybridized carbons (Fsp3) is 0.875. The van der Waals surface area contributed by atoms with Gasteiger partial charge >= 0.3 is 0 Å². The van der Waals surface area contributed by atoms with Crippen LogP contribution >= 0.6 is 0 Å². The minimum Gasteiger partial charge on any atom is -0.396 e. The summed E-state index contributed by atoms with van der Waals surface area (Å²) in [6.07, 6.45) is 4.70. The highest BCUT2D eigenvalue weighted by atomic mass is 16.3. The van der Waals surface area contributed by atoms with Crippen LogP contribution in [0.3, 0.4) is 0 Å². The lowest BCUT2D eigenvalue weighted by Crippen LogP contribution is -2.53. The molecular weight excluding hydrogens is 268 g/mol. The average Bonchev–Trinajstić information content (AvgIpc) is 2.45. The maximum atomic E-state index is 12.4. The minimum atomic E-state index is -0.317. The molecule has 0 aromatic rings. The molecule has 5 nitrogen and oxygen atoms in total. The molecule has 2 amide bonds. The summed E-state index contributed by atoms with van der Waals surface area (Å²) < 4.78 is 0. The lowest BCUT2D eigenvalue weighted by Gasteiger charge is -2.35. The van der Waals surface area contributed by atoms with Gasteiger partial charge in [-0.1, -0.05) is 20.8 Å². The second-order valence-corrected chi connectivity index (χ2v) is 6.70. The highest BCUT2D eigenvalue weighted by Gasteiger charge is 2.32. The number of nitrogens with one attached hydrogen (secondary N) is 1. The van der Waals surface area contributed by atoms with Crippen LogP contribution in [0.25, 0.3) is 0 Å². The Bertz CT molecular complexity index is 355. The molecule has 0 saturated carbocycles. The molecule has 1 unspecified atom stereocenters. The Labute approximate surface area is 128 Å². The van der Waals surface area contributed by atoms with Gasteiger partial charge in [0.15, 0.2) is 0 Å². The fourth-order valence-corrected chi connectivity index (χ4v) is 2.70. The van der Waals surface area contributed by atoms with E-state index in [0.717, 1.165) is 25.7 Å². The summed E-state index contributed by atoms with van der Waals surface area (Å²) >= 11 is 0. The van der Waals surface area contributed by atoms with E-state index in [2.05, 4.69) is 5.32 Å². The number of nitrogens with zero attached hydrogens (tertiary/aromatic N) is 1. The van der Waals surface area contributed by atoms with Gasteiger partial charge < -0.3 is 15.3 Å². The number of piperidine rings is 1. The Morgan fingerprint density at radius 1 is 1.33 bits per heavy atom. The zero-order chi connectivity index (χ0) is 15.9. The van der Waals surface area contributed by atoms with Gasteiger partial charge in [0.05, 0.1) is 0 Å². The van der Waals surface area contributed by atoms with Gasteiger partial charge in [0, 0.05) is 26.1 Å². The van der Waals surface area contributed by atoms with Crippen LogP contribution in [-0.4, -0.2) is 47.6 Å². The highest BCUT2D eigenvalue weighted by Crippen LogP contribution is 2.21.